The van der Waals surface area contributed by atoms with Crippen LogP contribution in [0.5, 0.6) is 0 Å². The fourth-order valence-corrected chi connectivity index (χ4v) is 1.94. The normalized spacial score (nSPS) is 21.7. The van der Waals surface area contributed by atoms with Crippen LogP contribution in [-0.4, -0.2) is 11.9 Å². The van der Waals surface area contributed by atoms with Crippen molar-refractivity contribution in [2.75, 3.05) is 7.05 Å². The van der Waals surface area contributed by atoms with Crippen molar-refractivity contribution in [3.05, 3.63) is 70.7 Å². The minimum Gasteiger partial charge on any atom is -0.349 e. The van der Waals surface area contributed by atoms with Crippen molar-refractivity contribution in [2.24, 2.45) is 4.99 Å². The van der Waals surface area contributed by atoms with Crippen molar-refractivity contribution < 1.29 is 0 Å². The van der Waals surface area contributed by atoms with Gasteiger partial charge in [0.05, 0.1) is 16.8 Å². The number of benzene rings is 1. The first-order valence-electron chi connectivity index (χ1n) is 5.32. The first kappa shape index (κ1) is 9.16. The van der Waals surface area contributed by atoms with Crippen LogP contribution in [0.25, 0.3) is 6.08 Å². The Morgan fingerprint density at radius 2 is 2.00 bits per heavy atom. The molecule has 2 aliphatic heterocycles. The SMILES string of the molecule is CN1C=CC=C/C1=C1/C=c2ccccc2=N1. The smallest absolute Gasteiger partial charge is 0.0880 e. The summed E-state index contributed by atoms with van der Waals surface area (Å²) in [6.07, 6.45) is 10.3. The zero-order valence-electron chi connectivity index (χ0n) is 9.09. The Morgan fingerprint density at radius 3 is 2.81 bits per heavy atom. The number of allylic oxidation sites excluding steroid dienone is 4. The van der Waals surface area contributed by atoms with Crippen LogP contribution in [0.2, 0.25) is 0 Å². The monoisotopic (exact) mass is 208 g/mol. The summed E-state index contributed by atoms with van der Waals surface area (Å²) >= 11 is 0. The molecule has 0 spiro atoms. The van der Waals surface area contributed by atoms with Gasteiger partial charge in [0.15, 0.2) is 0 Å². The van der Waals surface area contributed by atoms with E-state index in [4.69, 9.17) is 0 Å². The molecule has 1 aromatic carbocycles. The Bertz CT molecular complexity index is 596. The van der Waals surface area contributed by atoms with Crippen LogP contribution in [0.4, 0.5) is 0 Å². The lowest BCUT2D eigenvalue weighted by Gasteiger charge is -2.18. The summed E-state index contributed by atoms with van der Waals surface area (Å²) in [6, 6.07) is 8.19. The minimum absolute atomic E-state index is 1.03. The van der Waals surface area contributed by atoms with E-state index in [9.17, 15) is 0 Å². The molecule has 0 saturated carbocycles. The molecule has 0 saturated heterocycles. The molecule has 0 unspecified atom stereocenters. The lowest BCUT2D eigenvalue weighted by molar-refractivity contribution is 0.578. The summed E-state index contributed by atoms with van der Waals surface area (Å²) in [7, 11) is 2.04. The number of rotatable bonds is 0. The van der Waals surface area contributed by atoms with Crippen LogP contribution in [0.3, 0.4) is 0 Å². The second kappa shape index (κ2) is 3.49. The summed E-state index contributed by atoms with van der Waals surface area (Å²) in [5.41, 5.74) is 2.17. The minimum atomic E-state index is 1.03. The van der Waals surface area contributed by atoms with E-state index in [0.717, 1.165) is 16.8 Å². The second-order valence-electron chi connectivity index (χ2n) is 3.90. The predicted molar refractivity (Wildman–Crippen MR) is 64.8 cm³/mol. The maximum absolute atomic E-state index is 4.62. The fourth-order valence-electron chi connectivity index (χ4n) is 1.94. The first-order valence-corrected chi connectivity index (χ1v) is 5.32. The largest absolute Gasteiger partial charge is 0.349 e. The fraction of sp³-hybridized carbons (Fsp3) is 0.0714. The van der Waals surface area contributed by atoms with Crippen molar-refractivity contribution in [1.82, 2.24) is 4.90 Å². The Hall–Kier alpha value is -2.09. The highest BCUT2D eigenvalue weighted by molar-refractivity contribution is 5.54. The zero-order valence-corrected chi connectivity index (χ0v) is 9.09. The second-order valence-corrected chi connectivity index (χ2v) is 3.90. The van der Waals surface area contributed by atoms with Gasteiger partial charge in [-0.25, -0.2) is 4.99 Å². The predicted octanol–water partition coefficient (Wildman–Crippen LogP) is 1.33. The molecule has 0 fully saturated rings. The zero-order chi connectivity index (χ0) is 11.0. The van der Waals surface area contributed by atoms with E-state index in [1.54, 1.807) is 0 Å². The van der Waals surface area contributed by atoms with Gasteiger partial charge in [-0.15, -0.1) is 0 Å². The highest BCUT2D eigenvalue weighted by Gasteiger charge is 2.09. The van der Waals surface area contributed by atoms with Gasteiger partial charge in [0.25, 0.3) is 0 Å². The van der Waals surface area contributed by atoms with Gasteiger partial charge in [-0.05, 0) is 24.3 Å². The van der Waals surface area contributed by atoms with Crippen LogP contribution >= 0.6 is 0 Å². The molecular formula is C14H12N2. The van der Waals surface area contributed by atoms with Gasteiger partial charge in [-0.3, -0.25) is 0 Å². The topological polar surface area (TPSA) is 15.6 Å². The number of hydrogen-bond donors (Lipinski definition) is 0. The van der Waals surface area contributed by atoms with Gasteiger partial charge in [0, 0.05) is 18.5 Å². The van der Waals surface area contributed by atoms with E-state index in [1.807, 2.05) is 43.6 Å². The molecule has 2 nitrogen and oxygen atoms in total. The molecule has 2 heterocycles. The maximum Gasteiger partial charge on any atom is 0.0880 e. The van der Waals surface area contributed by atoms with Gasteiger partial charge < -0.3 is 4.90 Å². The third kappa shape index (κ3) is 1.39. The van der Waals surface area contributed by atoms with Crippen LogP contribution in [-0.2, 0) is 0 Å². The van der Waals surface area contributed by atoms with Crippen LogP contribution in [0, 0.1) is 0 Å². The number of hydrogen-bond acceptors (Lipinski definition) is 2. The van der Waals surface area contributed by atoms with E-state index in [0.29, 0.717) is 0 Å². The van der Waals surface area contributed by atoms with Gasteiger partial charge in [0.1, 0.15) is 0 Å². The number of likely N-dealkylation sites (N-methyl/N-ethyl adjacent to an activating group) is 1. The summed E-state index contributed by atoms with van der Waals surface area (Å²) in [5.74, 6) is 0. The Balaban J connectivity index is 2.19. The lowest BCUT2D eigenvalue weighted by Crippen LogP contribution is -2.19. The summed E-state index contributed by atoms with van der Waals surface area (Å²) < 4.78 is 0. The standard InChI is InChI=1S/C14H12N2/c1-16-9-5-4-8-14(16)13-10-11-6-2-3-7-12(11)15-13/h2-10H,1H3/b14-13+. The molecular weight excluding hydrogens is 196 g/mol. The number of para-hydroxylation sites is 1. The Morgan fingerprint density at radius 1 is 1.12 bits per heavy atom. The van der Waals surface area contributed by atoms with Crippen molar-refractivity contribution >= 4 is 6.08 Å². The summed E-state index contributed by atoms with van der Waals surface area (Å²) in [5, 5.41) is 2.25. The third-order valence-corrected chi connectivity index (χ3v) is 2.79. The molecule has 16 heavy (non-hydrogen) atoms. The van der Waals surface area contributed by atoms with E-state index in [2.05, 4.69) is 28.1 Å². The van der Waals surface area contributed by atoms with Crippen molar-refractivity contribution in [3.8, 4) is 0 Å². The molecule has 78 valence electrons. The molecule has 2 aliphatic rings. The Labute approximate surface area is 94.2 Å². The van der Waals surface area contributed by atoms with E-state index < -0.39 is 0 Å². The molecule has 0 N–H and O–H groups in total. The number of fused-ring (bicyclic) bond motifs is 1. The summed E-state index contributed by atoms with van der Waals surface area (Å²) in [4.78, 5) is 6.71. The molecule has 0 aliphatic carbocycles. The molecule has 3 rings (SSSR count). The molecule has 0 atom stereocenters. The molecule has 1 aromatic rings. The van der Waals surface area contributed by atoms with Gasteiger partial charge in [-0.2, -0.15) is 0 Å². The van der Waals surface area contributed by atoms with E-state index >= 15 is 0 Å². The first-order chi connectivity index (χ1) is 7.84. The van der Waals surface area contributed by atoms with Crippen molar-refractivity contribution in [3.63, 3.8) is 0 Å². The molecule has 0 amide bonds. The van der Waals surface area contributed by atoms with Crippen LogP contribution < -0.4 is 10.6 Å². The molecule has 2 heteroatoms. The van der Waals surface area contributed by atoms with Crippen molar-refractivity contribution in [2.45, 2.75) is 0 Å². The third-order valence-electron chi connectivity index (χ3n) is 2.79. The summed E-state index contributed by atoms with van der Waals surface area (Å²) in [6.45, 7) is 0. The van der Waals surface area contributed by atoms with E-state index in [1.165, 1.54) is 5.22 Å². The van der Waals surface area contributed by atoms with Gasteiger partial charge in [-0.1, -0.05) is 24.3 Å². The molecule has 0 radical (unpaired) electrons. The highest BCUT2D eigenvalue weighted by Crippen LogP contribution is 2.17. The quantitative estimate of drug-likeness (QED) is 0.628. The Kier molecular flexibility index (Phi) is 2.00. The highest BCUT2D eigenvalue weighted by atomic mass is 15.1. The molecule has 0 bridgehead atoms. The van der Waals surface area contributed by atoms with E-state index in [-0.39, 0.29) is 0 Å². The van der Waals surface area contributed by atoms with Gasteiger partial charge in [0.2, 0.25) is 0 Å². The number of nitrogens with zero attached hydrogens (tertiary/aromatic N) is 2. The average Bonchev–Trinajstić information content (AvgIpc) is 2.73. The van der Waals surface area contributed by atoms with Crippen LogP contribution in [0.15, 0.2) is 65.1 Å². The molecule has 0 aromatic heterocycles. The lowest BCUT2D eigenvalue weighted by atomic mass is 10.2. The van der Waals surface area contributed by atoms with Crippen molar-refractivity contribution in [1.29, 1.82) is 0 Å². The maximum atomic E-state index is 4.62. The van der Waals surface area contributed by atoms with Crippen LogP contribution in [0.1, 0.15) is 0 Å². The van der Waals surface area contributed by atoms with Gasteiger partial charge >= 0.3 is 0 Å². The average molecular weight is 208 g/mol.